The van der Waals surface area contributed by atoms with Gasteiger partial charge in [0.15, 0.2) is 0 Å². The summed E-state index contributed by atoms with van der Waals surface area (Å²) in [4.78, 5) is 0. The molecule has 0 aromatic heterocycles. The molecule has 1 N–H and O–H groups in total. The summed E-state index contributed by atoms with van der Waals surface area (Å²) in [6, 6.07) is 18.9. The number of hydrogen-bond donors (Lipinski definition) is 1. The van der Waals surface area contributed by atoms with Gasteiger partial charge in [0.25, 0.3) is 0 Å². The molecule has 2 nitrogen and oxygen atoms in total. The molecular formula is C19H25NOS. The summed E-state index contributed by atoms with van der Waals surface area (Å²) in [5, 5.41) is 0. The Hall–Kier alpha value is -1.29. The van der Waals surface area contributed by atoms with E-state index in [2.05, 4.69) is 55.0 Å². The second-order valence-corrected chi connectivity index (χ2v) is 8.09. The molecule has 0 bridgehead atoms. The monoisotopic (exact) mass is 315 g/mol. The minimum Gasteiger partial charge on any atom is -0.598 e. The number of nitrogens with one attached hydrogen (secondary N) is 1. The summed E-state index contributed by atoms with van der Waals surface area (Å²) in [6.45, 7) is 8.18. The van der Waals surface area contributed by atoms with Crippen molar-refractivity contribution in [1.82, 2.24) is 4.72 Å². The van der Waals surface area contributed by atoms with Gasteiger partial charge in [-0.15, -0.1) is 4.72 Å². The highest BCUT2D eigenvalue weighted by Crippen LogP contribution is 2.25. The maximum atomic E-state index is 12.4. The molecule has 118 valence electrons. The van der Waals surface area contributed by atoms with Crippen molar-refractivity contribution in [3.8, 4) is 11.1 Å². The molecule has 2 rings (SSSR count). The zero-order valence-electron chi connectivity index (χ0n) is 13.8. The van der Waals surface area contributed by atoms with E-state index in [4.69, 9.17) is 0 Å². The van der Waals surface area contributed by atoms with Crippen molar-refractivity contribution in [3.63, 3.8) is 0 Å². The Labute approximate surface area is 137 Å². The average molecular weight is 315 g/mol. The Morgan fingerprint density at radius 2 is 1.55 bits per heavy atom. The van der Waals surface area contributed by atoms with Crippen molar-refractivity contribution in [2.45, 2.75) is 44.9 Å². The molecule has 0 aliphatic carbocycles. The maximum absolute atomic E-state index is 12.4. The Morgan fingerprint density at radius 1 is 1.00 bits per heavy atom. The van der Waals surface area contributed by atoms with Crippen LogP contribution in [0.25, 0.3) is 11.1 Å². The van der Waals surface area contributed by atoms with Crippen molar-refractivity contribution in [1.29, 1.82) is 0 Å². The Balaban J connectivity index is 2.07. The molecule has 22 heavy (non-hydrogen) atoms. The first-order chi connectivity index (χ1) is 10.4. The highest BCUT2D eigenvalue weighted by atomic mass is 32.2. The highest BCUT2D eigenvalue weighted by molar-refractivity contribution is 7.90. The lowest BCUT2D eigenvalue weighted by atomic mass is 10.0. The molecule has 0 unspecified atom stereocenters. The van der Waals surface area contributed by atoms with Crippen LogP contribution in [0.4, 0.5) is 0 Å². The standard InChI is InChI=1S/C19H25NOS/c1-5-19(3,4)22(21)20-15(2)16-11-13-18(14-12-16)17-9-7-6-8-10-17/h6-15,20H,5H2,1-4H3/t15-,22-/m0/s1. The molecule has 0 saturated heterocycles. The van der Waals surface area contributed by atoms with Crippen molar-refractivity contribution in [3.05, 3.63) is 60.2 Å². The molecule has 3 heteroatoms. The molecule has 2 aromatic carbocycles. The fourth-order valence-corrected chi connectivity index (χ4v) is 3.15. The van der Waals surface area contributed by atoms with Crippen LogP contribution in [-0.2, 0) is 11.4 Å². The van der Waals surface area contributed by atoms with Crippen LogP contribution in [0, 0.1) is 0 Å². The second-order valence-electron chi connectivity index (χ2n) is 6.21. The first-order valence-corrected chi connectivity index (χ1v) is 8.92. The van der Waals surface area contributed by atoms with Crippen molar-refractivity contribution < 1.29 is 4.55 Å². The van der Waals surface area contributed by atoms with E-state index < -0.39 is 11.4 Å². The molecular weight excluding hydrogens is 290 g/mol. The fraction of sp³-hybridized carbons (Fsp3) is 0.368. The van der Waals surface area contributed by atoms with E-state index in [1.54, 1.807) is 0 Å². The molecule has 0 aliphatic heterocycles. The first kappa shape index (κ1) is 17.1. The van der Waals surface area contributed by atoms with E-state index in [-0.39, 0.29) is 10.8 Å². The van der Waals surface area contributed by atoms with Crippen LogP contribution in [0.5, 0.6) is 0 Å². The molecule has 0 amide bonds. The van der Waals surface area contributed by atoms with E-state index in [0.717, 1.165) is 12.0 Å². The van der Waals surface area contributed by atoms with Crippen LogP contribution >= 0.6 is 0 Å². The van der Waals surface area contributed by atoms with Gasteiger partial charge >= 0.3 is 0 Å². The normalized spacial score (nSPS) is 14.6. The molecule has 0 saturated carbocycles. The van der Waals surface area contributed by atoms with Gasteiger partial charge in [0.1, 0.15) is 4.75 Å². The predicted molar refractivity (Wildman–Crippen MR) is 95.9 cm³/mol. The zero-order valence-corrected chi connectivity index (χ0v) is 14.6. The van der Waals surface area contributed by atoms with Crippen LogP contribution < -0.4 is 4.72 Å². The van der Waals surface area contributed by atoms with E-state index in [1.165, 1.54) is 11.1 Å². The third-order valence-electron chi connectivity index (χ3n) is 4.15. The minimum atomic E-state index is -1.05. The van der Waals surface area contributed by atoms with Gasteiger partial charge in [-0.1, -0.05) is 61.5 Å². The van der Waals surface area contributed by atoms with Gasteiger partial charge in [-0.25, -0.2) is 0 Å². The summed E-state index contributed by atoms with van der Waals surface area (Å²) in [5.74, 6) is 0. The lowest BCUT2D eigenvalue weighted by Gasteiger charge is -2.29. The quantitative estimate of drug-likeness (QED) is 0.773. The maximum Gasteiger partial charge on any atom is 0.139 e. The summed E-state index contributed by atoms with van der Waals surface area (Å²) in [7, 11) is 0. The summed E-state index contributed by atoms with van der Waals surface area (Å²) >= 11 is -1.05. The summed E-state index contributed by atoms with van der Waals surface area (Å²) < 4.78 is 15.4. The van der Waals surface area contributed by atoms with Crippen LogP contribution in [-0.4, -0.2) is 9.30 Å². The largest absolute Gasteiger partial charge is 0.598 e. The SMILES string of the molecule is CCC(C)(C)[S@+]([O-])N[C@@H](C)c1ccc(-c2ccccc2)cc1. The highest BCUT2D eigenvalue weighted by Gasteiger charge is 2.31. The second kappa shape index (κ2) is 7.32. The Bertz CT molecular complexity index is 580. The first-order valence-electron chi connectivity index (χ1n) is 7.77. The van der Waals surface area contributed by atoms with Crippen LogP contribution in [0.1, 0.15) is 45.7 Å². The van der Waals surface area contributed by atoms with Gasteiger partial charge in [-0.05, 0) is 43.9 Å². The summed E-state index contributed by atoms with van der Waals surface area (Å²) in [6.07, 6.45) is 0.881. The summed E-state index contributed by atoms with van der Waals surface area (Å²) in [5.41, 5.74) is 3.57. The van der Waals surface area contributed by atoms with Crippen molar-refractivity contribution >= 4 is 11.4 Å². The third kappa shape index (κ3) is 4.13. The fourth-order valence-electron chi connectivity index (χ4n) is 2.11. The smallest absolute Gasteiger partial charge is 0.139 e. The number of rotatable bonds is 6. The van der Waals surface area contributed by atoms with Crippen LogP contribution in [0.3, 0.4) is 0 Å². The number of benzene rings is 2. The minimum absolute atomic E-state index is 0.0662. The van der Waals surface area contributed by atoms with Crippen LogP contribution in [0.2, 0.25) is 0 Å². The molecule has 2 aromatic rings. The molecule has 0 fully saturated rings. The molecule has 0 spiro atoms. The van der Waals surface area contributed by atoms with Gasteiger partial charge in [0.2, 0.25) is 0 Å². The zero-order chi connectivity index (χ0) is 16.2. The third-order valence-corrected chi connectivity index (χ3v) is 6.02. The lowest BCUT2D eigenvalue weighted by Crippen LogP contribution is -2.42. The van der Waals surface area contributed by atoms with E-state index >= 15 is 0 Å². The molecule has 2 atom stereocenters. The number of hydrogen-bond acceptors (Lipinski definition) is 2. The average Bonchev–Trinajstić information content (AvgIpc) is 2.55. The molecule has 0 aliphatic rings. The topological polar surface area (TPSA) is 35.1 Å². The predicted octanol–water partition coefficient (Wildman–Crippen LogP) is 4.86. The van der Waals surface area contributed by atoms with E-state index in [9.17, 15) is 4.55 Å². The Morgan fingerprint density at radius 3 is 2.09 bits per heavy atom. The Kier molecular flexibility index (Phi) is 5.68. The van der Waals surface area contributed by atoms with Gasteiger partial charge < -0.3 is 4.55 Å². The molecule has 0 radical (unpaired) electrons. The molecule has 0 heterocycles. The van der Waals surface area contributed by atoms with Crippen molar-refractivity contribution in [2.75, 3.05) is 0 Å². The van der Waals surface area contributed by atoms with E-state index in [1.807, 2.05) is 32.0 Å². The van der Waals surface area contributed by atoms with Crippen molar-refractivity contribution in [2.24, 2.45) is 0 Å². The van der Waals surface area contributed by atoms with Gasteiger partial charge in [0.05, 0.1) is 6.04 Å². The van der Waals surface area contributed by atoms with Gasteiger partial charge in [-0.3, -0.25) is 0 Å². The van der Waals surface area contributed by atoms with Gasteiger partial charge in [-0.2, -0.15) is 0 Å². The van der Waals surface area contributed by atoms with Crippen LogP contribution in [0.15, 0.2) is 54.6 Å². The van der Waals surface area contributed by atoms with Gasteiger partial charge in [0, 0.05) is 11.4 Å². The lowest BCUT2D eigenvalue weighted by molar-refractivity contribution is 0.512. The van der Waals surface area contributed by atoms with E-state index in [0.29, 0.717) is 0 Å².